The third-order valence-electron chi connectivity index (χ3n) is 6.42. The number of fused-ring (bicyclic) bond motifs is 1. The van der Waals surface area contributed by atoms with E-state index in [0.29, 0.717) is 42.8 Å². The number of anilines is 1. The summed E-state index contributed by atoms with van der Waals surface area (Å²) in [6.07, 6.45) is 4.64. The molecule has 0 aliphatic carbocycles. The van der Waals surface area contributed by atoms with Gasteiger partial charge in [0.25, 0.3) is 5.91 Å². The van der Waals surface area contributed by atoms with Gasteiger partial charge in [-0.05, 0) is 37.3 Å². The number of amides is 1. The zero-order valence-corrected chi connectivity index (χ0v) is 20.2. The van der Waals surface area contributed by atoms with E-state index in [-0.39, 0.29) is 17.5 Å². The Morgan fingerprint density at radius 3 is 2.43 bits per heavy atom. The molecule has 1 aliphatic rings. The average Bonchev–Trinajstić information content (AvgIpc) is 3.54. The first kappa shape index (κ1) is 22.9. The fraction of sp³-hybridized carbons (Fsp3) is 0.280. The van der Waals surface area contributed by atoms with E-state index in [1.54, 1.807) is 28.6 Å². The molecular weight excluding hydrogens is 464 g/mol. The summed E-state index contributed by atoms with van der Waals surface area (Å²) >= 11 is 1.62. The third-order valence-corrected chi connectivity index (χ3v) is 7.11. The van der Waals surface area contributed by atoms with E-state index in [4.69, 9.17) is 10.7 Å². The summed E-state index contributed by atoms with van der Waals surface area (Å²) < 4.78 is 1.50. The van der Waals surface area contributed by atoms with Crippen LogP contribution >= 0.6 is 11.3 Å². The summed E-state index contributed by atoms with van der Waals surface area (Å²) in [4.78, 5) is 47.2. The van der Waals surface area contributed by atoms with E-state index < -0.39 is 11.7 Å². The first-order chi connectivity index (χ1) is 16.8. The number of hydrogen-bond donors (Lipinski definition) is 1. The molecule has 178 valence electrons. The van der Waals surface area contributed by atoms with Crippen molar-refractivity contribution in [1.82, 2.24) is 24.5 Å². The monoisotopic (exact) mass is 488 g/mol. The lowest BCUT2D eigenvalue weighted by Crippen LogP contribution is -2.41. The SMILES string of the molecule is CC(=O)C(=O)N1CCC(c2nc3c(-c4ccc(-c5ccsc5)nc4)cnn3c(N)c2C(C)=O)CC1. The van der Waals surface area contributed by atoms with Crippen LogP contribution < -0.4 is 5.73 Å². The van der Waals surface area contributed by atoms with Crippen LogP contribution in [-0.2, 0) is 9.59 Å². The molecule has 1 amide bonds. The maximum absolute atomic E-state index is 12.6. The van der Waals surface area contributed by atoms with Gasteiger partial charge in [-0.1, -0.05) is 6.07 Å². The van der Waals surface area contributed by atoms with Gasteiger partial charge in [0.1, 0.15) is 5.82 Å². The Bertz CT molecular complexity index is 1430. The van der Waals surface area contributed by atoms with E-state index in [0.717, 1.165) is 22.4 Å². The summed E-state index contributed by atoms with van der Waals surface area (Å²) in [6, 6.07) is 5.95. The van der Waals surface area contributed by atoms with Crippen molar-refractivity contribution in [2.45, 2.75) is 32.6 Å². The third kappa shape index (κ3) is 4.10. The number of likely N-dealkylation sites (tertiary alicyclic amines) is 1. The first-order valence-electron chi connectivity index (χ1n) is 11.3. The van der Waals surface area contributed by atoms with Crippen molar-refractivity contribution in [3.05, 3.63) is 52.6 Å². The van der Waals surface area contributed by atoms with E-state index in [1.807, 2.05) is 29.0 Å². The molecule has 2 N–H and O–H groups in total. The van der Waals surface area contributed by atoms with Crippen LogP contribution in [0.2, 0.25) is 0 Å². The smallest absolute Gasteiger partial charge is 0.289 e. The number of carbonyl (C=O) groups is 3. The van der Waals surface area contributed by atoms with Crippen LogP contribution in [0.3, 0.4) is 0 Å². The fourth-order valence-electron chi connectivity index (χ4n) is 4.61. The largest absolute Gasteiger partial charge is 0.383 e. The number of piperidine rings is 1. The molecule has 5 rings (SSSR count). The van der Waals surface area contributed by atoms with Crippen LogP contribution in [0, 0.1) is 0 Å². The summed E-state index contributed by atoms with van der Waals surface area (Å²) in [5.74, 6) is -0.963. The minimum Gasteiger partial charge on any atom is -0.383 e. The molecular formula is C25H24N6O3S. The van der Waals surface area contributed by atoms with Crippen LogP contribution in [-0.4, -0.2) is 55.0 Å². The van der Waals surface area contributed by atoms with Crippen molar-refractivity contribution in [3.63, 3.8) is 0 Å². The number of aromatic nitrogens is 4. The summed E-state index contributed by atoms with van der Waals surface area (Å²) in [5.41, 5.74) is 11.5. The Labute approximate surface area is 205 Å². The molecule has 0 aromatic carbocycles. The molecule has 0 saturated carbocycles. The highest BCUT2D eigenvalue weighted by Crippen LogP contribution is 2.35. The lowest BCUT2D eigenvalue weighted by molar-refractivity contribution is -0.144. The predicted octanol–water partition coefficient (Wildman–Crippen LogP) is 3.60. The molecule has 0 bridgehead atoms. The lowest BCUT2D eigenvalue weighted by atomic mass is 9.89. The minimum absolute atomic E-state index is 0.0703. The highest BCUT2D eigenvalue weighted by molar-refractivity contribution is 7.08. The van der Waals surface area contributed by atoms with E-state index in [9.17, 15) is 14.4 Å². The number of carbonyl (C=O) groups excluding carboxylic acids is 3. The van der Waals surface area contributed by atoms with Gasteiger partial charge in [0.2, 0.25) is 5.78 Å². The van der Waals surface area contributed by atoms with Crippen molar-refractivity contribution in [2.24, 2.45) is 0 Å². The minimum atomic E-state index is -0.477. The standard InChI is InChI=1S/C25H24N6O3S/c1-14(32)21-22(16-5-8-30(9-6-16)25(34)15(2)33)29-24-19(12-28-31(24)23(21)26)17-3-4-20(27-11-17)18-7-10-35-13-18/h3-4,7,10-13,16H,5-6,8-9,26H2,1-2H3. The number of pyridine rings is 1. The first-order valence-corrected chi connectivity index (χ1v) is 12.3. The molecule has 4 aromatic heterocycles. The Kier molecular flexibility index (Phi) is 5.89. The second-order valence-electron chi connectivity index (χ2n) is 8.67. The van der Waals surface area contributed by atoms with Gasteiger partial charge in [0.15, 0.2) is 11.4 Å². The molecule has 1 fully saturated rings. The fourth-order valence-corrected chi connectivity index (χ4v) is 5.26. The zero-order chi connectivity index (χ0) is 24.7. The van der Waals surface area contributed by atoms with E-state index in [2.05, 4.69) is 10.1 Å². The topological polar surface area (TPSA) is 124 Å². The van der Waals surface area contributed by atoms with Crippen LogP contribution in [0.15, 0.2) is 41.4 Å². The van der Waals surface area contributed by atoms with Crippen LogP contribution in [0.4, 0.5) is 5.82 Å². The maximum Gasteiger partial charge on any atom is 0.289 e. The molecule has 35 heavy (non-hydrogen) atoms. The molecule has 0 spiro atoms. The number of nitrogen functional groups attached to an aromatic ring is 1. The van der Waals surface area contributed by atoms with Gasteiger partial charge >= 0.3 is 0 Å². The Balaban J connectivity index is 1.53. The predicted molar refractivity (Wildman–Crippen MR) is 133 cm³/mol. The van der Waals surface area contributed by atoms with Gasteiger partial charge in [-0.2, -0.15) is 21.0 Å². The Hall–Kier alpha value is -3.92. The number of hydrogen-bond acceptors (Lipinski definition) is 8. The second kappa shape index (κ2) is 9.03. The van der Waals surface area contributed by atoms with Crippen LogP contribution in [0.1, 0.15) is 48.7 Å². The quantitative estimate of drug-likeness (QED) is 0.336. The van der Waals surface area contributed by atoms with Gasteiger partial charge < -0.3 is 10.6 Å². The highest BCUT2D eigenvalue weighted by atomic mass is 32.1. The van der Waals surface area contributed by atoms with Gasteiger partial charge in [0.05, 0.1) is 23.1 Å². The number of Topliss-reactive ketones (excluding diaryl/α,β-unsaturated/α-hetero) is 2. The van der Waals surface area contributed by atoms with Gasteiger partial charge in [-0.3, -0.25) is 19.4 Å². The molecule has 4 aromatic rings. The lowest BCUT2D eigenvalue weighted by Gasteiger charge is -2.32. The second-order valence-corrected chi connectivity index (χ2v) is 9.45. The Morgan fingerprint density at radius 2 is 1.83 bits per heavy atom. The molecule has 0 radical (unpaired) electrons. The maximum atomic E-state index is 12.6. The molecule has 5 heterocycles. The van der Waals surface area contributed by atoms with Crippen molar-refractivity contribution in [3.8, 4) is 22.4 Å². The molecule has 0 atom stereocenters. The van der Waals surface area contributed by atoms with E-state index >= 15 is 0 Å². The summed E-state index contributed by atoms with van der Waals surface area (Å²) in [6.45, 7) is 3.59. The number of rotatable bonds is 5. The normalized spacial score (nSPS) is 14.4. The molecule has 1 aliphatic heterocycles. The Morgan fingerprint density at radius 1 is 1.06 bits per heavy atom. The number of nitrogens with two attached hydrogens (primary N) is 1. The number of nitrogens with zero attached hydrogens (tertiary/aromatic N) is 5. The van der Waals surface area contributed by atoms with Crippen LogP contribution in [0.5, 0.6) is 0 Å². The summed E-state index contributed by atoms with van der Waals surface area (Å²) in [7, 11) is 0. The number of ketones is 2. The van der Waals surface area contributed by atoms with Crippen molar-refractivity contribution < 1.29 is 14.4 Å². The van der Waals surface area contributed by atoms with Gasteiger partial charge in [-0.25, -0.2) is 4.98 Å². The van der Waals surface area contributed by atoms with Gasteiger partial charge in [0, 0.05) is 54.2 Å². The molecule has 1 saturated heterocycles. The molecule has 0 unspecified atom stereocenters. The number of thiophene rings is 1. The van der Waals surface area contributed by atoms with Crippen molar-refractivity contribution in [1.29, 1.82) is 0 Å². The van der Waals surface area contributed by atoms with Crippen molar-refractivity contribution in [2.75, 3.05) is 18.8 Å². The van der Waals surface area contributed by atoms with Crippen LogP contribution in [0.25, 0.3) is 28.0 Å². The zero-order valence-electron chi connectivity index (χ0n) is 19.4. The molecule has 9 nitrogen and oxygen atoms in total. The van der Waals surface area contributed by atoms with E-state index in [1.165, 1.54) is 18.4 Å². The van der Waals surface area contributed by atoms with Gasteiger partial charge in [-0.15, -0.1) is 0 Å². The molecule has 10 heteroatoms. The highest BCUT2D eigenvalue weighted by Gasteiger charge is 2.31. The average molecular weight is 489 g/mol. The summed E-state index contributed by atoms with van der Waals surface area (Å²) in [5, 5.41) is 8.47. The van der Waals surface area contributed by atoms with Crippen molar-refractivity contribution >= 4 is 40.3 Å².